The summed E-state index contributed by atoms with van der Waals surface area (Å²) >= 11 is 9.63. The maximum absolute atomic E-state index is 12.6. The van der Waals surface area contributed by atoms with Crippen LogP contribution in [0.2, 0.25) is 5.02 Å². The highest BCUT2D eigenvalue weighted by Gasteiger charge is 2.27. The SMILES string of the molecule is O=C1C(=Cc2ccccc2Br)Oc2cc(OCc3ccccc3Cl)ccc21. The van der Waals surface area contributed by atoms with E-state index >= 15 is 0 Å². The van der Waals surface area contributed by atoms with Gasteiger partial charge in [0.15, 0.2) is 5.76 Å². The zero-order valence-electron chi connectivity index (χ0n) is 14.1. The number of fused-ring (bicyclic) bond motifs is 1. The highest BCUT2D eigenvalue weighted by atomic mass is 79.9. The fraction of sp³-hybridized carbons (Fsp3) is 0.0455. The van der Waals surface area contributed by atoms with Crippen LogP contribution in [-0.2, 0) is 6.61 Å². The molecule has 0 saturated heterocycles. The third-order valence-electron chi connectivity index (χ3n) is 4.19. The first kappa shape index (κ1) is 17.8. The van der Waals surface area contributed by atoms with Gasteiger partial charge in [-0.25, -0.2) is 0 Å². The van der Waals surface area contributed by atoms with Crippen molar-refractivity contribution in [3.8, 4) is 11.5 Å². The molecular formula is C22H14BrClO3. The van der Waals surface area contributed by atoms with E-state index in [1.165, 1.54) is 0 Å². The summed E-state index contributed by atoms with van der Waals surface area (Å²) in [5, 5.41) is 0.656. The first-order valence-electron chi connectivity index (χ1n) is 8.31. The van der Waals surface area contributed by atoms with Crippen molar-refractivity contribution in [1.82, 2.24) is 0 Å². The van der Waals surface area contributed by atoms with Crippen LogP contribution < -0.4 is 9.47 Å². The Morgan fingerprint density at radius 3 is 2.63 bits per heavy atom. The molecule has 0 amide bonds. The minimum atomic E-state index is -0.140. The molecule has 0 saturated carbocycles. The lowest BCUT2D eigenvalue weighted by Crippen LogP contribution is -1.98. The molecule has 0 bridgehead atoms. The van der Waals surface area contributed by atoms with E-state index in [-0.39, 0.29) is 5.78 Å². The smallest absolute Gasteiger partial charge is 0.231 e. The Morgan fingerprint density at radius 1 is 1.04 bits per heavy atom. The topological polar surface area (TPSA) is 35.5 Å². The van der Waals surface area contributed by atoms with Crippen LogP contribution in [0, 0.1) is 0 Å². The van der Waals surface area contributed by atoms with Gasteiger partial charge in [-0.05, 0) is 35.9 Å². The van der Waals surface area contributed by atoms with Gasteiger partial charge in [-0.3, -0.25) is 4.79 Å². The maximum atomic E-state index is 12.6. The Morgan fingerprint density at radius 2 is 1.81 bits per heavy atom. The van der Waals surface area contributed by atoms with Gasteiger partial charge in [-0.2, -0.15) is 0 Å². The molecule has 134 valence electrons. The maximum Gasteiger partial charge on any atom is 0.231 e. The molecular weight excluding hydrogens is 428 g/mol. The van der Waals surface area contributed by atoms with Gasteiger partial charge >= 0.3 is 0 Å². The van der Waals surface area contributed by atoms with Gasteiger partial charge in [0.25, 0.3) is 0 Å². The average Bonchev–Trinajstić information content (AvgIpc) is 2.98. The number of benzene rings is 3. The van der Waals surface area contributed by atoms with Crippen molar-refractivity contribution in [2.45, 2.75) is 6.61 Å². The molecule has 1 aliphatic heterocycles. The minimum Gasteiger partial charge on any atom is -0.489 e. The van der Waals surface area contributed by atoms with Gasteiger partial charge in [0.05, 0.1) is 5.56 Å². The molecule has 0 aliphatic carbocycles. The van der Waals surface area contributed by atoms with Crippen molar-refractivity contribution < 1.29 is 14.3 Å². The summed E-state index contributed by atoms with van der Waals surface area (Å²) in [6, 6.07) is 20.4. The largest absolute Gasteiger partial charge is 0.489 e. The van der Waals surface area contributed by atoms with Crippen molar-refractivity contribution in [3.63, 3.8) is 0 Å². The van der Waals surface area contributed by atoms with Crippen LogP contribution in [0.25, 0.3) is 6.08 Å². The van der Waals surface area contributed by atoms with Gasteiger partial charge in [0.2, 0.25) is 5.78 Å². The van der Waals surface area contributed by atoms with Crippen molar-refractivity contribution >= 4 is 39.4 Å². The highest BCUT2D eigenvalue weighted by Crippen LogP contribution is 2.35. The molecule has 1 aliphatic rings. The third-order valence-corrected chi connectivity index (χ3v) is 5.28. The van der Waals surface area contributed by atoms with Crippen LogP contribution in [-0.4, -0.2) is 5.78 Å². The van der Waals surface area contributed by atoms with Crippen LogP contribution in [0.15, 0.2) is 77.0 Å². The lowest BCUT2D eigenvalue weighted by molar-refractivity contribution is 0.101. The van der Waals surface area contributed by atoms with E-state index in [4.69, 9.17) is 21.1 Å². The van der Waals surface area contributed by atoms with E-state index < -0.39 is 0 Å². The average molecular weight is 442 g/mol. The van der Waals surface area contributed by atoms with Gasteiger partial charge in [-0.15, -0.1) is 0 Å². The molecule has 5 heteroatoms. The summed E-state index contributed by atoms with van der Waals surface area (Å²) in [5.41, 5.74) is 2.30. The second-order valence-corrected chi connectivity index (χ2v) is 7.26. The van der Waals surface area contributed by atoms with E-state index in [9.17, 15) is 4.79 Å². The van der Waals surface area contributed by atoms with Gasteiger partial charge in [0.1, 0.15) is 18.1 Å². The number of allylic oxidation sites excluding steroid dienone is 1. The molecule has 3 aromatic rings. The molecule has 0 N–H and O–H groups in total. The van der Waals surface area contributed by atoms with Crippen LogP contribution in [0.3, 0.4) is 0 Å². The number of hydrogen-bond acceptors (Lipinski definition) is 3. The first-order chi connectivity index (χ1) is 13.1. The summed E-state index contributed by atoms with van der Waals surface area (Å²) in [6.07, 6.45) is 1.73. The fourth-order valence-corrected chi connectivity index (χ4v) is 3.36. The molecule has 0 spiro atoms. The molecule has 0 aromatic heterocycles. The molecule has 0 fully saturated rings. The predicted molar refractivity (Wildman–Crippen MR) is 109 cm³/mol. The number of halogens is 2. The Balaban J connectivity index is 1.54. The molecule has 3 nitrogen and oxygen atoms in total. The first-order valence-corrected chi connectivity index (χ1v) is 9.48. The van der Waals surface area contributed by atoms with Crippen LogP contribution in [0.4, 0.5) is 0 Å². The van der Waals surface area contributed by atoms with E-state index in [2.05, 4.69) is 15.9 Å². The monoisotopic (exact) mass is 440 g/mol. The summed E-state index contributed by atoms with van der Waals surface area (Å²) in [6.45, 7) is 0.339. The Bertz CT molecular complexity index is 1060. The lowest BCUT2D eigenvalue weighted by atomic mass is 10.1. The number of ketones is 1. The summed E-state index contributed by atoms with van der Waals surface area (Å²) in [5.74, 6) is 1.26. The normalized spacial score (nSPS) is 14.1. The van der Waals surface area contributed by atoms with Crippen molar-refractivity contribution in [1.29, 1.82) is 0 Å². The second kappa shape index (κ2) is 7.59. The van der Waals surface area contributed by atoms with Crippen molar-refractivity contribution in [3.05, 3.63) is 98.7 Å². The molecule has 1 heterocycles. The number of rotatable bonds is 4. The second-order valence-electron chi connectivity index (χ2n) is 6.00. The standard InChI is InChI=1S/C22H14BrClO3/c23-18-7-3-1-5-14(18)11-21-22(25)17-10-9-16(12-20(17)27-21)26-13-15-6-2-4-8-19(15)24/h1-12H,13H2. The van der Waals surface area contributed by atoms with E-state index in [1.54, 1.807) is 24.3 Å². The number of ether oxygens (including phenoxy) is 2. The molecule has 4 rings (SSSR count). The van der Waals surface area contributed by atoms with Gasteiger partial charge in [-0.1, -0.05) is 63.9 Å². The highest BCUT2D eigenvalue weighted by molar-refractivity contribution is 9.10. The number of carbonyl (C=O) groups excluding carboxylic acids is 1. The third kappa shape index (κ3) is 3.77. The molecule has 27 heavy (non-hydrogen) atoms. The quantitative estimate of drug-likeness (QED) is 0.446. The van der Waals surface area contributed by atoms with Crippen LogP contribution in [0.1, 0.15) is 21.5 Å². The van der Waals surface area contributed by atoms with Crippen LogP contribution in [0.5, 0.6) is 11.5 Å². The predicted octanol–water partition coefficient (Wildman–Crippen LogP) is 6.30. The molecule has 0 unspecified atom stereocenters. The Labute approximate surface area is 170 Å². The fourth-order valence-electron chi connectivity index (χ4n) is 2.77. The zero-order chi connectivity index (χ0) is 18.8. The van der Waals surface area contributed by atoms with Crippen molar-refractivity contribution in [2.75, 3.05) is 0 Å². The minimum absolute atomic E-state index is 0.140. The van der Waals surface area contributed by atoms with Crippen LogP contribution >= 0.6 is 27.5 Å². The molecule has 0 atom stereocenters. The number of hydrogen-bond donors (Lipinski definition) is 0. The summed E-state index contributed by atoms with van der Waals surface area (Å²) in [4.78, 5) is 12.6. The number of carbonyl (C=O) groups is 1. The van der Waals surface area contributed by atoms with E-state index in [0.717, 1.165) is 15.6 Å². The van der Waals surface area contributed by atoms with Gasteiger partial charge in [0, 0.05) is 21.1 Å². The number of Topliss-reactive ketones (excluding diaryl/α,β-unsaturated/α-hetero) is 1. The lowest BCUT2D eigenvalue weighted by Gasteiger charge is -2.08. The molecule has 3 aromatic carbocycles. The summed E-state index contributed by atoms with van der Waals surface area (Å²) < 4.78 is 12.5. The Kier molecular flexibility index (Phi) is 5.01. The van der Waals surface area contributed by atoms with Crippen molar-refractivity contribution in [2.24, 2.45) is 0 Å². The zero-order valence-corrected chi connectivity index (χ0v) is 16.5. The van der Waals surface area contributed by atoms with E-state index in [1.807, 2.05) is 48.5 Å². The Hall–Kier alpha value is -2.56. The summed E-state index contributed by atoms with van der Waals surface area (Å²) in [7, 11) is 0. The molecule has 0 radical (unpaired) electrons. The van der Waals surface area contributed by atoms with Gasteiger partial charge < -0.3 is 9.47 Å². The van der Waals surface area contributed by atoms with E-state index in [0.29, 0.717) is 34.5 Å².